The zero-order chi connectivity index (χ0) is 55.5. The van der Waals surface area contributed by atoms with Crippen LogP contribution in [0.2, 0.25) is 0 Å². The molecule has 0 aliphatic heterocycles. The van der Waals surface area contributed by atoms with Crippen molar-refractivity contribution in [2.75, 3.05) is 26.4 Å². The Hall–Kier alpha value is -3.34. The van der Waals surface area contributed by atoms with E-state index in [1.54, 1.807) is 0 Å². The second-order valence-corrected chi connectivity index (χ2v) is 21.6. The van der Waals surface area contributed by atoms with Gasteiger partial charge in [0.15, 0.2) is 6.10 Å². The van der Waals surface area contributed by atoms with Gasteiger partial charge in [-0.25, -0.2) is 4.57 Å². The van der Waals surface area contributed by atoms with Crippen molar-refractivity contribution in [3.8, 4) is 0 Å². The van der Waals surface area contributed by atoms with Crippen molar-refractivity contribution >= 4 is 25.7 Å². The largest absolute Gasteiger partial charge is 0.472 e. The van der Waals surface area contributed by atoms with Crippen molar-refractivity contribution in [3.05, 3.63) is 85.1 Å². The molecule has 0 aliphatic rings. The quantitative estimate of drug-likeness (QED) is 0.0197. The predicted molar refractivity (Wildman–Crippen MR) is 316 cm³/mol. The van der Waals surface area contributed by atoms with Crippen LogP contribution in [0, 0.1) is 0 Å². The number of phosphoric ester groups is 1. The van der Waals surface area contributed by atoms with E-state index in [4.69, 9.17) is 23.3 Å². The Bertz CT molecular complexity index is 1600. The smallest absolute Gasteiger partial charge is 0.462 e. The first kappa shape index (κ1) is 72.7. The van der Waals surface area contributed by atoms with Crippen LogP contribution < -0.4 is 0 Å². The van der Waals surface area contributed by atoms with Crippen molar-refractivity contribution in [1.29, 1.82) is 0 Å². The maximum atomic E-state index is 12.9. The van der Waals surface area contributed by atoms with Gasteiger partial charge in [-0.3, -0.25) is 23.4 Å². The van der Waals surface area contributed by atoms with E-state index in [-0.39, 0.29) is 25.9 Å². The molecule has 0 aliphatic carbocycles. The second-order valence-electron chi connectivity index (χ2n) is 20.1. The van der Waals surface area contributed by atoms with E-state index in [1.807, 2.05) is 0 Å². The minimum Gasteiger partial charge on any atom is -0.462 e. The maximum Gasteiger partial charge on any atom is 0.472 e. The standard InChI is InChI=1S/C64H111O11P/c1-4-7-10-13-16-19-22-25-28-30-33-36-39-42-45-48-51-54-63(67)74-60(56-65)58-72-76(69,70)73-59-61(57-71-62(66)53-50-47-44-41-38-35-32-27-24-21-18-15-12-9-6-3)75-64(68)55-52-49-46-43-40-37-34-31-29-26-23-20-17-14-11-8-5-2/h8-9,11-12,17-18,20-21,26-27,29,32,34,37,60-61,65H,4-7,10,13-16,19,22-25,28,30-31,33,35-36,38-59H2,1-3H3,(H,69,70)/b11-8-,12-9-,20-17-,21-18-,29-26-,32-27-,37-34-. The van der Waals surface area contributed by atoms with Gasteiger partial charge in [0.25, 0.3) is 0 Å². The number of hydrogen-bond acceptors (Lipinski definition) is 10. The monoisotopic (exact) mass is 1090 g/mol. The summed E-state index contributed by atoms with van der Waals surface area (Å²) in [5.74, 6) is -1.51. The van der Waals surface area contributed by atoms with E-state index in [9.17, 15) is 28.9 Å². The number of unbranched alkanes of at least 4 members (excludes halogenated alkanes) is 25. The molecule has 0 saturated heterocycles. The molecule has 11 nitrogen and oxygen atoms in total. The molecule has 12 heteroatoms. The molecule has 0 aromatic heterocycles. The molecule has 0 heterocycles. The van der Waals surface area contributed by atoms with Crippen LogP contribution in [-0.4, -0.2) is 66.5 Å². The van der Waals surface area contributed by atoms with Crippen molar-refractivity contribution in [3.63, 3.8) is 0 Å². The van der Waals surface area contributed by atoms with Gasteiger partial charge in [0.1, 0.15) is 12.7 Å². The van der Waals surface area contributed by atoms with Gasteiger partial charge in [-0.1, -0.05) is 241 Å². The summed E-state index contributed by atoms with van der Waals surface area (Å²) in [5, 5.41) is 9.84. The first-order valence-corrected chi connectivity index (χ1v) is 32.0. The van der Waals surface area contributed by atoms with Crippen molar-refractivity contribution in [1.82, 2.24) is 0 Å². The number of hydrogen-bond donors (Lipinski definition) is 2. The van der Waals surface area contributed by atoms with Gasteiger partial charge >= 0.3 is 25.7 Å². The van der Waals surface area contributed by atoms with Gasteiger partial charge in [0.2, 0.25) is 0 Å². The van der Waals surface area contributed by atoms with Crippen molar-refractivity contribution < 1.29 is 52.2 Å². The Morgan fingerprint density at radius 3 is 1.05 bits per heavy atom. The fourth-order valence-corrected chi connectivity index (χ4v) is 9.03. The van der Waals surface area contributed by atoms with Crippen LogP contribution in [0.1, 0.15) is 265 Å². The molecule has 3 atom stereocenters. The minimum atomic E-state index is -4.76. The maximum absolute atomic E-state index is 12.9. The van der Waals surface area contributed by atoms with Crippen LogP contribution in [0.4, 0.5) is 0 Å². The number of esters is 3. The zero-order valence-corrected chi connectivity index (χ0v) is 49.3. The summed E-state index contributed by atoms with van der Waals surface area (Å²) in [6.07, 6.45) is 66.8. The Morgan fingerprint density at radius 2 is 0.684 bits per heavy atom. The number of carbonyl (C=O) groups is 3. The molecule has 2 N–H and O–H groups in total. The van der Waals surface area contributed by atoms with Gasteiger partial charge in [-0.05, 0) is 89.9 Å². The summed E-state index contributed by atoms with van der Waals surface area (Å²) in [7, 11) is -4.76. The van der Waals surface area contributed by atoms with E-state index in [2.05, 4.69) is 106 Å². The lowest BCUT2D eigenvalue weighted by atomic mass is 10.0. The molecule has 0 bridgehead atoms. The highest BCUT2D eigenvalue weighted by molar-refractivity contribution is 7.47. The average Bonchev–Trinajstić information content (AvgIpc) is 3.41. The van der Waals surface area contributed by atoms with E-state index in [0.29, 0.717) is 19.3 Å². The second kappa shape index (κ2) is 57.8. The molecule has 76 heavy (non-hydrogen) atoms. The number of allylic oxidation sites excluding steroid dienone is 14. The summed E-state index contributed by atoms with van der Waals surface area (Å²) in [5.41, 5.74) is 0. The predicted octanol–water partition coefficient (Wildman–Crippen LogP) is 18.3. The van der Waals surface area contributed by atoms with Gasteiger partial charge in [0.05, 0.1) is 19.8 Å². The van der Waals surface area contributed by atoms with Gasteiger partial charge in [-0.2, -0.15) is 0 Å². The van der Waals surface area contributed by atoms with Crippen LogP contribution in [0.3, 0.4) is 0 Å². The summed E-state index contributed by atoms with van der Waals surface area (Å²) in [6, 6.07) is 0. The topological polar surface area (TPSA) is 155 Å². The Labute approximate surface area is 464 Å². The van der Waals surface area contributed by atoms with Crippen molar-refractivity contribution in [2.45, 2.75) is 277 Å². The fourth-order valence-electron chi connectivity index (χ4n) is 8.25. The highest BCUT2D eigenvalue weighted by Crippen LogP contribution is 2.43. The summed E-state index contributed by atoms with van der Waals surface area (Å²) in [6.45, 7) is 4.40. The number of rotatable bonds is 56. The van der Waals surface area contributed by atoms with Crippen LogP contribution in [0.5, 0.6) is 0 Å². The molecule has 0 spiro atoms. The Morgan fingerprint density at radius 1 is 0.382 bits per heavy atom. The van der Waals surface area contributed by atoms with Crippen LogP contribution in [0.25, 0.3) is 0 Å². The number of ether oxygens (including phenoxy) is 3. The molecule has 0 aromatic rings. The number of aliphatic hydroxyl groups is 1. The highest BCUT2D eigenvalue weighted by atomic mass is 31.2. The SMILES string of the molecule is CC/C=C\C/C=C\C/C=C\C/C=C\CCCCCCC(=O)OC(COC(=O)CCCCCCC/C=C\C/C=C\C/C=C\CC)COP(=O)(O)OCC(CO)OC(=O)CCCCCCCCCCCCCCCCCCC. The molecule has 0 saturated carbocycles. The van der Waals surface area contributed by atoms with Crippen LogP contribution in [-0.2, 0) is 42.2 Å². The molecule has 0 amide bonds. The normalized spacial score (nSPS) is 13.9. The molecule has 438 valence electrons. The highest BCUT2D eigenvalue weighted by Gasteiger charge is 2.28. The lowest BCUT2D eigenvalue weighted by molar-refractivity contribution is -0.161. The average molecular weight is 1090 g/mol. The number of aliphatic hydroxyl groups excluding tert-OH is 1. The summed E-state index contributed by atoms with van der Waals surface area (Å²) >= 11 is 0. The molecule has 0 aromatic carbocycles. The van der Waals surface area contributed by atoms with Gasteiger partial charge in [0, 0.05) is 19.3 Å². The molecular formula is C64H111O11P. The molecular weight excluding hydrogens is 976 g/mol. The number of carbonyl (C=O) groups excluding carboxylic acids is 3. The van der Waals surface area contributed by atoms with Gasteiger partial charge < -0.3 is 24.2 Å². The van der Waals surface area contributed by atoms with Crippen LogP contribution >= 0.6 is 7.82 Å². The van der Waals surface area contributed by atoms with Crippen LogP contribution in [0.15, 0.2) is 85.1 Å². The molecule has 0 rings (SSSR count). The van der Waals surface area contributed by atoms with E-state index >= 15 is 0 Å². The Balaban J connectivity index is 4.74. The first-order chi connectivity index (χ1) is 37.2. The van der Waals surface area contributed by atoms with E-state index in [1.165, 1.54) is 83.5 Å². The third-order valence-electron chi connectivity index (χ3n) is 12.8. The third kappa shape index (κ3) is 55.4. The Kier molecular flexibility index (Phi) is 55.3. The molecule has 0 fully saturated rings. The fraction of sp³-hybridized carbons (Fsp3) is 0.734. The van der Waals surface area contributed by atoms with E-state index < -0.39 is 57.8 Å². The summed E-state index contributed by atoms with van der Waals surface area (Å²) < 4.78 is 39.6. The first-order valence-electron chi connectivity index (χ1n) is 30.5. The number of phosphoric acid groups is 1. The third-order valence-corrected chi connectivity index (χ3v) is 13.8. The molecule has 0 radical (unpaired) electrons. The van der Waals surface area contributed by atoms with Gasteiger partial charge in [-0.15, -0.1) is 0 Å². The summed E-state index contributed by atoms with van der Waals surface area (Å²) in [4.78, 5) is 48.6. The van der Waals surface area contributed by atoms with E-state index in [0.717, 1.165) is 122 Å². The van der Waals surface area contributed by atoms with Crippen molar-refractivity contribution in [2.24, 2.45) is 0 Å². The minimum absolute atomic E-state index is 0.133. The zero-order valence-electron chi connectivity index (χ0n) is 48.5. The lowest BCUT2D eigenvalue weighted by Crippen LogP contribution is -2.30. The molecule has 3 unspecified atom stereocenters. The lowest BCUT2D eigenvalue weighted by Gasteiger charge is -2.21.